The highest BCUT2D eigenvalue weighted by Gasteiger charge is 2.04. The first kappa shape index (κ1) is 12.9. The molecule has 0 aliphatic rings. The summed E-state index contributed by atoms with van der Waals surface area (Å²) in [5.41, 5.74) is 2.74. The molecule has 0 saturated carbocycles. The van der Waals surface area contributed by atoms with Crippen molar-refractivity contribution in [1.29, 1.82) is 0 Å². The molecule has 0 unspecified atom stereocenters. The molecule has 0 heterocycles. The topological polar surface area (TPSA) is 87.7 Å². The molecule has 92 valence electrons. The molecule has 0 spiro atoms. The fourth-order valence-electron chi connectivity index (χ4n) is 1.13. The molecule has 3 N–H and O–H groups in total. The van der Waals surface area contributed by atoms with Gasteiger partial charge in [-0.3, -0.25) is 4.84 Å². The molecule has 0 aromatic heterocycles. The Kier molecular flexibility index (Phi) is 4.41. The minimum absolute atomic E-state index is 0.249. The summed E-state index contributed by atoms with van der Waals surface area (Å²) in [6, 6.07) is 3.21. The number of anilines is 1. The third kappa shape index (κ3) is 4.94. The first-order valence-corrected chi connectivity index (χ1v) is 4.65. The van der Waals surface area contributed by atoms with Gasteiger partial charge in [-0.15, -0.1) is 0 Å². The van der Waals surface area contributed by atoms with E-state index in [9.17, 15) is 14.0 Å². The highest BCUT2D eigenvalue weighted by molar-refractivity contribution is 5.88. The van der Waals surface area contributed by atoms with Crippen LogP contribution in [0.25, 0.3) is 0 Å². The van der Waals surface area contributed by atoms with Gasteiger partial charge in [0.2, 0.25) is 0 Å². The van der Waals surface area contributed by atoms with Crippen molar-refractivity contribution in [2.75, 3.05) is 11.9 Å². The van der Waals surface area contributed by atoms with E-state index in [0.29, 0.717) is 5.56 Å². The zero-order valence-electron chi connectivity index (χ0n) is 8.99. The van der Waals surface area contributed by atoms with Crippen LogP contribution in [0.3, 0.4) is 0 Å². The molecule has 0 atom stereocenters. The number of carboxylic acid groups (broad SMARTS) is 1. The summed E-state index contributed by atoms with van der Waals surface area (Å²) in [7, 11) is 0. The number of carbonyl (C=O) groups excluding carboxylic acids is 1. The van der Waals surface area contributed by atoms with Crippen molar-refractivity contribution in [2.24, 2.45) is 0 Å². The maximum absolute atomic E-state index is 13.0. The molecule has 0 bridgehead atoms. The summed E-state index contributed by atoms with van der Waals surface area (Å²) in [6.45, 7) is 1.02. The van der Waals surface area contributed by atoms with Crippen molar-refractivity contribution in [2.45, 2.75) is 6.92 Å². The minimum atomic E-state index is -1.22. The quantitative estimate of drug-likeness (QED) is 0.694. The zero-order chi connectivity index (χ0) is 12.8. The Balaban J connectivity index is 2.47. The van der Waals surface area contributed by atoms with Crippen molar-refractivity contribution >= 4 is 17.7 Å². The average molecular weight is 242 g/mol. The smallest absolute Gasteiger partial charge is 0.343 e. The van der Waals surface area contributed by atoms with E-state index in [2.05, 4.69) is 10.2 Å². The summed E-state index contributed by atoms with van der Waals surface area (Å²) in [5.74, 6) is -1.70. The number of rotatable bonds is 4. The van der Waals surface area contributed by atoms with E-state index in [-0.39, 0.29) is 5.69 Å². The molecule has 0 saturated heterocycles. The maximum Gasteiger partial charge on any atom is 0.343 e. The molecule has 0 fully saturated rings. The fraction of sp³-hybridized carbons (Fsp3) is 0.200. The van der Waals surface area contributed by atoms with E-state index in [1.807, 2.05) is 5.48 Å². The Morgan fingerprint density at radius 3 is 2.71 bits per heavy atom. The Hall–Kier alpha value is -2.15. The number of aryl methyl sites for hydroxylation is 1. The predicted molar refractivity (Wildman–Crippen MR) is 56.9 cm³/mol. The minimum Gasteiger partial charge on any atom is -0.479 e. The molecule has 1 aromatic carbocycles. The van der Waals surface area contributed by atoms with Gasteiger partial charge in [0, 0.05) is 5.69 Å². The fourth-order valence-corrected chi connectivity index (χ4v) is 1.13. The van der Waals surface area contributed by atoms with Crippen LogP contribution < -0.4 is 10.8 Å². The molecule has 0 aliphatic heterocycles. The van der Waals surface area contributed by atoms with Crippen LogP contribution in [-0.2, 0) is 9.63 Å². The maximum atomic E-state index is 13.0. The number of benzene rings is 1. The number of halogens is 1. The SMILES string of the molecule is Cc1cc(F)cc(NC(=O)NOCC(=O)O)c1. The molecule has 6 nitrogen and oxygen atoms in total. The number of carboxylic acids is 1. The average Bonchev–Trinajstić information content (AvgIpc) is 2.14. The van der Waals surface area contributed by atoms with Crippen LogP contribution in [0.5, 0.6) is 0 Å². The standard InChI is InChI=1S/C10H11FN2O4/c1-6-2-7(11)4-8(3-6)12-10(16)13-17-5-9(14)15/h2-4H,5H2,1H3,(H,14,15)(H2,12,13,16). The van der Waals surface area contributed by atoms with Crippen LogP contribution in [0.15, 0.2) is 18.2 Å². The largest absolute Gasteiger partial charge is 0.479 e. The van der Waals surface area contributed by atoms with Crippen LogP contribution in [-0.4, -0.2) is 23.7 Å². The van der Waals surface area contributed by atoms with Crippen LogP contribution in [0, 0.1) is 12.7 Å². The lowest BCUT2D eigenvalue weighted by molar-refractivity contribution is -0.143. The van der Waals surface area contributed by atoms with E-state index in [1.165, 1.54) is 6.07 Å². The number of hydrogen-bond acceptors (Lipinski definition) is 3. The van der Waals surface area contributed by atoms with E-state index < -0.39 is 24.4 Å². The summed E-state index contributed by atoms with van der Waals surface area (Å²) in [6.07, 6.45) is 0. The molecule has 0 aliphatic carbocycles. The second-order valence-corrected chi connectivity index (χ2v) is 3.26. The molecule has 7 heteroatoms. The van der Waals surface area contributed by atoms with Gasteiger partial charge in [-0.25, -0.2) is 19.5 Å². The van der Waals surface area contributed by atoms with Gasteiger partial charge in [0.05, 0.1) is 0 Å². The van der Waals surface area contributed by atoms with Gasteiger partial charge in [0.25, 0.3) is 0 Å². The second-order valence-electron chi connectivity index (χ2n) is 3.26. The third-order valence-electron chi connectivity index (χ3n) is 1.66. The van der Waals surface area contributed by atoms with E-state index in [1.54, 1.807) is 13.0 Å². The molecular formula is C10H11FN2O4. The van der Waals surface area contributed by atoms with Crippen LogP contribution >= 0.6 is 0 Å². The van der Waals surface area contributed by atoms with Crippen LogP contribution in [0.4, 0.5) is 14.9 Å². The van der Waals surface area contributed by atoms with Gasteiger partial charge in [-0.1, -0.05) is 0 Å². The normalized spacial score (nSPS) is 9.76. The molecule has 17 heavy (non-hydrogen) atoms. The molecule has 2 amide bonds. The molecule has 1 aromatic rings. The Labute approximate surface area is 96.3 Å². The number of urea groups is 1. The number of amides is 2. The molecule has 1 rings (SSSR count). The monoisotopic (exact) mass is 242 g/mol. The lowest BCUT2D eigenvalue weighted by Crippen LogP contribution is -2.30. The first-order valence-electron chi connectivity index (χ1n) is 4.65. The van der Waals surface area contributed by atoms with Crippen molar-refractivity contribution in [3.8, 4) is 0 Å². The van der Waals surface area contributed by atoms with E-state index in [0.717, 1.165) is 6.07 Å². The highest BCUT2D eigenvalue weighted by Crippen LogP contribution is 2.12. The van der Waals surface area contributed by atoms with Crippen molar-refractivity contribution in [3.05, 3.63) is 29.6 Å². The zero-order valence-corrected chi connectivity index (χ0v) is 8.99. The number of aliphatic carboxylic acids is 1. The molecule has 0 radical (unpaired) electrons. The van der Waals surface area contributed by atoms with Crippen LogP contribution in [0.1, 0.15) is 5.56 Å². The van der Waals surface area contributed by atoms with E-state index in [4.69, 9.17) is 5.11 Å². The molecular weight excluding hydrogens is 231 g/mol. The summed E-state index contributed by atoms with van der Waals surface area (Å²) in [5, 5.41) is 10.5. The van der Waals surface area contributed by atoms with Crippen molar-refractivity contribution in [1.82, 2.24) is 5.48 Å². The van der Waals surface area contributed by atoms with Gasteiger partial charge in [-0.05, 0) is 30.7 Å². The predicted octanol–water partition coefficient (Wildman–Crippen LogP) is 1.27. The summed E-state index contributed by atoms with van der Waals surface area (Å²) >= 11 is 0. The number of hydroxylamine groups is 1. The summed E-state index contributed by atoms with van der Waals surface area (Å²) in [4.78, 5) is 25.6. The van der Waals surface area contributed by atoms with Crippen molar-refractivity contribution < 1.29 is 23.9 Å². The Bertz CT molecular complexity index is 416. The number of hydrogen-bond donors (Lipinski definition) is 3. The van der Waals surface area contributed by atoms with Gasteiger partial charge >= 0.3 is 12.0 Å². The number of carbonyl (C=O) groups is 2. The van der Waals surface area contributed by atoms with Crippen LogP contribution in [0.2, 0.25) is 0 Å². The third-order valence-corrected chi connectivity index (χ3v) is 1.66. The van der Waals surface area contributed by atoms with E-state index >= 15 is 0 Å². The van der Waals surface area contributed by atoms with Crippen molar-refractivity contribution in [3.63, 3.8) is 0 Å². The Morgan fingerprint density at radius 1 is 1.41 bits per heavy atom. The van der Waals surface area contributed by atoms with Gasteiger partial charge in [0.1, 0.15) is 5.82 Å². The highest BCUT2D eigenvalue weighted by atomic mass is 19.1. The lowest BCUT2D eigenvalue weighted by atomic mass is 10.2. The Morgan fingerprint density at radius 2 is 2.12 bits per heavy atom. The lowest BCUT2D eigenvalue weighted by Gasteiger charge is -2.07. The van der Waals surface area contributed by atoms with Gasteiger partial charge < -0.3 is 10.4 Å². The summed E-state index contributed by atoms with van der Waals surface area (Å²) < 4.78 is 13.0. The van der Waals surface area contributed by atoms with Gasteiger partial charge in [-0.2, -0.15) is 0 Å². The number of nitrogens with one attached hydrogen (secondary N) is 2. The van der Waals surface area contributed by atoms with Gasteiger partial charge in [0.15, 0.2) is 6.61 Å². The second kappa shape index (κ2) is 5.80. The first-order chi connectivity index (χ1) is 7.97.